The van der Waals surface area contributed by atoms with Crippen molar-refractivity contribution >= 4 is 27.7 Å². The molecule has 0 atom stereocenters. The zero-order valence-electron chi connectivity index (χ0n) is 11.3. The van der Waals surface area contributed by atoms with E-state index in [1.165, 1.54) is 62.8 Å². The molecule has 0 bridgehead atoms. The van der Waals surface area contributed by atoms with Gasteiger partial charge in [0.05, 0.1) is 0 Å². The van der Waals surface area contributed by atoms with E-state index in [1.807, 2.05) is 0 Å². The maximum Gasteiger partial charge on any atom is 0.0116 e. The Morgan fingerprint density at radius 1 is 1.12 bits per heavy atom. The van der Waals surface area contributed by atoms with Crippen LogP contribution in [0.5, 0.6) is 0 Å². The topological polar surface area (TPSA) is 3.24 Å². The van der Waals surface area contributed by atoms with Crippen molar-refractivity contribution < 1.29 is 0 Å². The molecule has 1 aliphatic carbocycles. The van der Waals surface area contributed by atoms with E-state index in [4.69, 9.17) is 0 Å². The Hall–Kier alpha value is 0.790. The van der Waals surface area contributed by atoms with Crippen LogP contribution in [-0.4, -0.2) is 40.4 Å². The number of halogens is 1. The van der Waals surface area contributed by atoms with Gasteiger partial charge in [0.2, 0.25) is 0 Å². The lowest BCUT2D eigenvalue weighted by atomic mass is 9.88. The second-order valence-corrected chi connectivity index (χ2v) is 8.84. The van der Waals surface area contributed by atoms with Gasteiger partial charge in [0.1, 0.15) is 0 Å². The van der Waals surface area contributed by atoms with Gasteiger partial charge in [-0.05, 0) is 31.2 Å². The maximum atomic E-state index is 3.77. The first-order chi connectivity index (χ1) is 8.05. The predicted octanol–water partition coefficient (Wildman–Crippen LogP) is 4.16. The van der Waals surface area contributed by atoms with Gasteiger partial charge < -0.3 is 4.90 Å². The van der Waals surface area contributed by atoms with E-state index in [-0.39, 0.29) is 0 Å². The fourth-order valence-corrected chi connectivity index (χ4v) is 5.03. The van der Waals surface area contributed by atoms with Crippen molar-refractivity contribution in [3.8, 4) is 0 Å². The van der Waals surface area contributed by atoms with Crippen LogP contribution in [0.3, 0.4) is 0 Å². The third-order valence-corrected chi connectivity index (χ3v) is 7.00. The molecule has 0 unspecified atom stereocenters. The van der Waals surface area contributed by atoms with Crippen molar-refractivity contribution in [3.05, 3.63) is 0 Å². The first kappa shape index (κ1) is 14.2. The molecule has 2 fully saturated rings. The summed E-state index contributed by atoms with van der Waals surface area (Å²) in [7, 11) is 0. The highest BCUT2D eigenvalue weighted by Gasteiger charge is 2.35. The summed E-state index contributed by atoms with van der Waals surface area (Å²) >= 11 is 5.93. The van der Waals surface area contributed by atoms with Crippen LogP contribution in [0.15, 0.2) is 0 Å². The molecule has 1 heterocycles. The number of rotatable bonds is 3. The van der Waals surface area contributed by atoms with Crippen LogP contribution in [0.1, 0.15) is 46.0 Å². The van der Waals surface area contributed by atoms with Crippen molar-refractivity contribution in [2.45, 2.75) is 50.7 Å². The maximum absolute atomic E-state index is 3.77. The molecule has 1 nitrogen and oxygen atoms in total. The molecular formula is C14H26BrNS. The molecule has 0 spiro atoms. The van der Waals surface area contributed by atoms with E-state index in [0.29, 0.717) is 10.2 Å². The molecule has 3 heteroatoms. The Balaban J connectivity index is 1.90. The second-order valence-electron chi connectivity index (χ2n) is 6.48. The number of nitrogens with zero attached hydrogens (tertiary/aromatic N) is 1. The fraction of sp³-hybridized carbons (Fsp3) is 1.00. The van der Waals surface area contributed by atoms with Crippen molar-refractivity contribution in [1.29, 1.82) is 0 Å². The second kappa shape index (κ2) is 5.83. The minimum atomic E-state index is 0.492. The SMILES string of the molecule is CC1(C)CCN(CC2(CBr)CCCC2)CCS1. The van der Waals surface area contributed by atoms with Gasteiger partial charge in [0.25, 0.3) is 0 Å². The molecule has 0 aromatic rings. The Morgan fingerprint density at radius 3 is 2.47 bits per heavy atom. The lowest BCUT2D eigenvalue weighted by molar-refractivity contribution is 0.178. The largest absolute Gasteiger partial charge is 0.302 e. The van der Waals surface area contributed by atoms with Crippen LogP contribution in [0.25, 0.3) is 0 Å². The van der Waals surface area contributed by atoms with E-state index in [0.717, 1.165) is 0 Å². The summed E-state index contributed by atoms with van der Waals surface area (Å²) in [4.78, 5) is 2.73. The lowest BCUT2D eigenvalue weighted by Crippen LogP contribution is -2.39. The lowest BCUT2D eigenvalue weighted by Gasteiger charge is -2.33. The first-order valence-electron chi connectivity index (χ1n) is 6.98. The summed E-state index contributed by atoms with van der Waals surface area (Å²) < 4.78 is 0.492. The quantitative estimate of drug-likeness (QED) is 0.718. The Kier molecular flexibility index (Phi) is 4.87. The minimum absolute atomic E-state index is 0.492. The molecule has 1 aliphatic heterocycles. The van der Waals surface area contributed by atoms with Crippen LogP contribution in [-0.2, 0) is 0 Å². The smallest absolute Gasteiger partial charge is 0.0116 e. The third kappa shape index (κ3) is 3.87. The number of hydrogen-bond acceptors (Lipinski definition) is 2. The van der Waals surface area contributed by atoms with E-state index in [1.54, 1.807) is 0 Å². The van der Waals surface area contributed by atoms with Gasteiger partial charge in [-0.3, -0.25) is 0 Å². The standard InChI is InChI=1S/C14H26BrNS/c1-13(2)7-8-16(9-10-17-13)12-14(11-15)5-3-4-6-14/h3-12H2,1-2H3. The van der Waals surface area contributed by atoms with E-state index >= 15 is 0 Å². The first-order valence-corrected chi connectivity index (χ1v) is 9.08. The normalized spacial score (nSPS) is 29.1. The van der Waals surface area contributed by atoms with Crippen LogP contribution in [0.2, 0.25) is 0 Å². The van der Waals surface area contributed by atoms with Gasteiger partial charge in [0.15, 0.2) is 0 Å². The van der Waals surface area contributed by atoms with Gasteiger partial charge in [-0.25, -0.2) is 0 Å². The van der Waals surface area contributed by atoms with Crippen LogP contribution < -0.4 is 0 Å². The van der Waals surface area contributed by atoms with E-state index in [9.17, 15) is 0 Å². The molecule has 0 amide bonds. The number of alkyl halides is 1. The molecule has 100 valence electrons. The van der Waals surface area contributed by atoms with Gasteiger partial charge in [-0.15, -0.1) is 0 Å². The fourth-order valence-electron chi connectivity index (χ4n) is 3.15. The average molecular weight is 320 g/mol. The summed E-state index contributed by atoms with van der Waals surface area (Å²) in [6.07, 6.45) is 7.10. The molecule has 1 saturated carbocycles. The molecule has 2 aliphatic rings. The molecule has 2 rings (SSSR count). The van der Waals surface area contributed by atoms with Crippen LogP contribution in [0, 0.1) is 5.41 Å². The van der Waals surface area contributed by atoms with Crippen molar-refractivity contribution in [2.75, 3.05) is 30.7 Å². The van der Waals surface area contributed by atoms with Crippen molar-refractivity contribution in [1.82, 2.24) is 4.90 Å². The summed E-state index contributed by atoms with van der Waals surface area (Å²) in [5.74, 6) is 1.31. The van der Waals surface area contributed by atoms with Crippen LogP contribution >= 0.6 is 27.7 Å². The molecule has 17 heavy (non-hydrogen) atoms. The number of hydrogen-bond donors (Lipinski definition) is 0. The Bertz CT molecular complexity index is 249. The molecule has 1 saturated heterocycles. The summed E-state index contributed by atoms with van der Waals surface area (Å²) in [5.41, 5.74) is 0.596. The Morgan fingerprint density at radius 2 is 1.82 bits per heavy atom. The average Bonchev–Trinajstić information content (AvgIpc) is 2.68. The minimum Gasteiger partial charge on any atom is -0.302 e. The van der Waals surface area contributed by atoms with Gasteiger partial charge in [-0.1, -0.05) is 42.6 Å². The zero-order chi connectivity index (χ0) is 12.4. The highest BCUT2D eigenvalue weighted by Crippen LogP contribution is 2.41. The van der Waals surface area contributed by atoms with Gasteiger partial charge in [-0.2, -0.15) is 11.8 Å². The van der Waals surface area contributed by atoms with E-state index < -0.39 is 0 Å². The highest BCUT2D eigenvalue weighted by atomic mass is 79.9. The van der Waals surface area contributed by atoms with E-state index in [2.05, 4.69) is 46.4 Å². The van der Waals surface area contributed by atoms with Crippen molar-refractivity contribution in [2.24, 2.45) is 5.41 Å². The van der Waals surface area contributed by atoms with Gasteiger partial charge in [0, 0.05) is 28.9 Å². The zero-order valence-corrected chi connectivity index (χ0v) is 13.7. The number of thioether (sulfide) groups is 1. The molecule has 0 aromatic heterocycles. The summed E-state index contributed by atoms with van der Waals surface area (Å²) in [6.45, 7) is 8.72. The van der Waals surface area contributed by atoms with Gasteiger partial charge >= 0.3 is 0 Å². The molecular weight excluding hydrogens is 294 g/mol. The predicted molar refractivity (Wildman–Crippen MR) is 82.3 cm³/mol. The molecule has 0 aromatic carbocycles. The monoisotopic (exact) mass is 319 g/mol. The van der Waals surface area contributed by atoms with Crippen LogP contribution in [0.4, 0.5) is 0 Å². The molecule has 0 N–H and O–H groups in total. The highest BCUT2D eigenvalue weighted by molar-refractivity contribution is 9.09. The third-order valence-electron chi connectivity index (χ3n) is 4.44. The Labute approximate surface area is 119 Å². The molecule has 0 radical (unpaired) electrons. The summed E-state index contributed by atoms with van der Waals surface area (Å²) in [6, 6.07) is 0. The summed E-state index contributed by atoms with van der Waals surface area (Å²) in [5, 5.41) is 1.20. The van der Waals surface area contributed by atoms with Crippen molar-refractivity contribution in [3.63, 3.8) is 0 Å².